The minimum absolute atomic E-state index is 0.0328. The molecule has 0 aromatic rings. The van der Waals surface area contributed by atoms with Gasteiger partial charge in [0.25, 0.3) is 0 Å². The molecule has 0 heterocycles. The molecule has 12 N–H and O–H groups in total. The van der Waals surface area contributed by atoms with Gasteiger partial charge in [0.05, 0.1) is 23.8 Å². The summed E-state index contributed by atoms with van der Waals surface area (Å²) in [5.74, 6) is 7.65. The summed E-state index contributed by atoms with van der Waals surface area (Å²) >= 11 is 18.1. The maximum Gasteiger partial charge on any atom is 0.246 e. The summed E-state index contributed by atoms with van der Waals surface area (Å²) in [6.07, 6.45) is 2.04. The summed E-state index contributed by atoms with van der Waals surface area (Å²) < 4.78 is 1.14. The van der Waals surface area contributed by atoms with Crippen LogP contribution in [0.25, 0.3) is 0 Å². The molecule has 12 amide bonds. The molecule has 0 rings (SSSR count). The third-order valence-electron chi connectivity index (χ3n) is 15.2. The van der Waals surface area contributed by atoms with Crippen LogP contribution in [-0.4, -0.2) is 242 Å². The topological polar surface area (TPSA) is 349 Å². The van der Waals surface area contributed by atoms with E-state index in [9.17, 15) is 57.5 Å². The number of amides is 12. The standard InChI is InChI=1S/C15H26N2O2S.C14H24N2O2S.2C11H21NOS.3C10H19NOS.2C9H17NOS.C8H15NOS/c1-10(2)13(18)16-8-12(9-20-15(5,6)7)17-14(19)11(3)4;1-9(2)13(17)15-7-12(8-19-11(5)6)16-14(18)10(3)4;1-8(2)10(13)12-9(3)7-14-11(4,5)6;1-9(2)10(13)12-7-6-8-14-11(3,4)5;1-8(2)9(12)11-6-7-13-10(3,4)5;1-7(2)10(12)11-9(5)6-13-8(3)4;1-8(2)10(12)11-6-5-7-13-9(3)4;1-7(2)8(11)10-6-12-9(3,4)5;1-7(2)9(11)10-5-6-12-8(3)4;1-6(2)8(10)9-5-11-7(3)4/h12H,1,3,8-9H2,2,4-7H3,(H,16,18)(H,17,19);11-12H,1,3,7-8H2,2,4-6H3,(H,15,17)(H,16,18);9H,1,7H2,2-6H3,(H,12,13);1,6-8H2,2-5H3,(H,12,13);1,6-7H2,2-5H3,(H,11,12);8-9H,1,6H2,2-5H3,(H,11,12);9H,1,5-7H2,2-4H3,(H,11,12);1,6H2,2-5H3,(H,10,11);8H,1,5-6H2,2-4H3,(H,10,11);7H,1,5H2,2-4H3,(H,9,10). The highest BCUT2D eigenvalue weighted by Gasteiger charge is 2.22. The second-order valence-corrected chi connectivity index (χ2v) is 57.2. The quantitative estimate of drug-likeness (QED) is 0.0153. The lowest BCUT2D eigenvalue weighted by Gasteiger charge is -2.24. The van der Waals surface area contributed by atoms with Crippen molar-refractivity contribution < 1.29 is 57.5 Å². The van der Waals surface area contributed by atoms with Crippen molar-refractivity contribution in [1.29, 1.82) is 0 Å². The number of nitrogens with one attached hydrogen (secondary N) is 12. The predicted octanol–water partition coefficient (Wildman–Crippen LogP) is 21.7. The Morgan fingerprint density at radius 3 is 0.738 bits per heavy atom. The zero-order valence-corrected chi connectivity index (χ0v) is 103. The highest BCUT2D eigenvalue weighted by Crippen LogP contribution is 2.27. The summed E-state index contributed by atoms with van der Waals surface area (Å²) in [6, 6.07) is 0.173. The van der Waals surface area contributed by atoms with Gasteiger partial charge in [0.2, 0.25) is 70.9 Å². The summed E-state index contributed by atoms with van der Waals surface area (Å²) in [5.41, 5.74) is 6.40. The van der Waals surface area contributed by atoms with Crippen molar-refractivity contribution in [2.75, 3.05) is 97.0 Å². The number of carbonyl (C=O) groups is 12. The molecule has 0 fully saturated rings. The Morgan fingerprint density at radius 2 is 0.440 bits per heavy atom. The first-order valence-electron chi connectivity index (χ1n) is 47.6. The van der Waals surface area contributed by atoms with Crippen molar-refractivity contribution in [3.63, 3.8) is 0 Å². The van der Waals surface area contributed by atoms with Gasteiger partial charge in [-0.05, 0) is 142 Å². The molecule has 0 aliphatic rings. The average molecular weight is 2170 g/mol. The predicted molar refractivity (Wildman–Crippen MR) is 639 cm³/mol. The van der Waals surface area contributed by atoms with Crippen LogP contribution in [0, 0.1) is 0 Å². The van der Waals surface area contributed by atoms with Crippen LogP contribution in [0.15, 0.2) is 146 Å². The van der Waals surface area contributed by atoms with E-state index in [1.165, 1.54) is 0 Å². The van der Waals surface area contributed by atoms with E-state index in [0.717, 1.165) is 78.5 Å². The fraction of sp³-hybridized carbons (Fsp3) is 0.664. The van der Waals surface area contributed by atoms with Gasteiger partial charge in [-0.2, -0.15) is 94.1 Å². The third-order valence-corrected chi connectivity index (χ3v) is 27.9. The van der Waals surface area contributed by atoms with Crippen LogP contribution in [0.2, 0.25) is 0 Å². The van der Waals surface area contributed by atoms with E-state index in [0.29, 0.717) is 129 Å². The summed E-state index contributed by atoms with van der Waals surface area (Å²) in [7, 11) is 0. The van der Waals surface area contributed by atoms with Crippen molar-refractivity contribution >= 4 is 189 Å². The van der Waals surface area contributed by atoms with Crippen LogP contribution in [0.1, 0.15) is 283 Å². The van der Waals surface area contributed by atoms with Gasteiger partial charge in [-0.25, -0.2) is 0 Å². The monoisotopic (exact) mass is 2160 g/mol. The molecule has 0 aliphatic heterocycles. The molecule has 0 bridgehead atoms. The van der Waals surface area contributed by atoms with Crippen LogP contribution in [0.5, 0.6) is 0 Å². The normalized spacial score (nSPS) is 11.5. The van der Waals surface area contributed by atoms with Gasteiger partial charge >= 0.3 is 0 Å². The van der Waals surface area contributed by atoms with E-state index >= 15 is 0 Å². The zero-order valence-electron chi connectivity index (χ0n) is 94.9. The summed E-state index contributed by atoms with van der Waals surface area (Å²) in [5, 5.41) is 36.7. The Bertz CT molecular complexity index is 3830. The lowest BCUT2D eigenvalue weighted by molar-refractivity contribution is -0.119. The van der Waals surface area contributed by atoms with E-state index in [1.54, 1.807) is 130 Å². The molecule has 24 nitrogen and oxygen atoms in total. The molecule has 0 spiro atoms. The molecule has 818 valence electrons. The number of hydrogen-bond donors (Lipinski definition) is 12. The zero-order chi connectivity index (χ0) is 113. The van der Waals surface area contributed by atoms with Crippen LogP contribution >= 0.6 is 118 Å². The molecule has 34 heteroatoms. The van der Waals surface area contributed by atoms with Crippen molar-refractivity contribution in [2.45, 2.75) is 357 Å². The largest absolute Gasteiger partial charge is 0.352 e. The van der Waals surface area contributed by atoms with Crippen LogP contribution in [0.3, 0.4) is 0 Å². The number of thioether (sulfide) groups is 10. The van der Waals surface area contributed by atoms with Gasteiger partial charge in [0.15, 0.2) is 0 Å². The Balaban J connectivity index is -0.000000170. The first-order chi connectivity index (χ1) is 64.0. The van der Waals surface area contributed by atoms with Gasteiger partial charge < -0.3 is 63.8 Å². The minimum Gasteiger partial charge on any atom is -0.352 e. The second kappa shape index (κ2) is 89.2. The third kappa shape index (κ3) is 128. The second-order valence-electron chi connectivity index (χ2n) is 39.7. The van der Waals surface area contributed by atoms with Gasteiger partial charge in [0.1, 0.15) is 0 Å². The van der Waals surface area contributed by atoms with E-state index in [4.69, 9.17) is 0 Å². The van der Waals surface area contributed by atoms with Crippen molar-refractivity contribution in [3.8, 4) is 0 Å². The molecular weight excluding hydrogens is 1970 g/mol. The van der Waals surface area contributed by atoms with Crippen LogP contribution in [0.4, 0.5) is 0 Å². The Hall–Kier alpha value is -5.98. The van der Waals surface area contributed by atoms with Crippen LogP contribution in [-0.2, 0) is 57.5 Å². The Labute approximate surface area is 902 Å². The fourth-order valence-electron chi connectivity index (χ4n) is 7.53. The van der Waals surface area contributed by atoms with E-state index in [-0.39, 0.29) is 114 Å². The first-order valence-corrected chi connectivity index (χ1v) is 57.8. The summed E-state index contributed by atoms with van der Waals surface area (Å²) in [6.45, 7) is 125. The number of hydrogen-bond acceptors (Lipinski definition) is 22. The molecule has 4 atom stereocenters. The first kappa shape index (κ1) is 155. The van der Waals surface area contributed by atoms with E-state index in [2.05, 4.69) is 316 Å². The van der Waals surface area contributed by atoms with Crippen molar-refractivity contribution in [1.82, 2.24) is 63.8 Å². The van der Waals surface area contributed by atoms with E-state index < -0.39 is 0 Å². The van der Waals surface area contributed by atoms with Crippen molar-refractivity contribution in [2.24, 2.45) is 0 Å². The van der Waals surface area contributed by atoms with Gasteiger partial charge in [-0.1, -0.05) is 252 Å². The molecule has 0 aromatic carbocycles. The SMILES string of the molecule is C=C(C)C(=O)NC(C)CSC(C)(C)C.C=C(C)C(=O)NC(C)CSC(C)C.C=C(C)C(=O)NCC(CSC(C)(C)C)NC(=O)C(=C)C.C=C(C)C(=O)NCC(CSC(C)C)NC(=O)C(=C)C.C=C(C)C(=O)NCCCSC(C)(C)C.C=C(C)C(=O)NCCCSC(C)C.C=C(C)C(=O)NCCSC(C)(C)C.C=C(C)C(=O)NCCSC(C)C.C=C(C)C(=O)NCSC(C)(C)C.C=C(C)C(=O)NCSC(C)C. The minimum atomic E-state index is -0.194. The molecule has 0 aromatic heterocycles. The summed E-state index contributed by atoms with van der Waals surface area (Å²) in [4.78, 5) is 135. The molecule has 141 heavy (non-hydrogen) atoms. The maximum absolute atomic E-state index is 11.7. The number of carbonyl (C=O) groups excluding carboxylic acids is 12. The highest BCUT2D eigenvalue weighted by atomic mass is 32.2. The average Bonchev–Trinajstić information content (AvgIpc) is 0.908. The molecular formula is C107H198N12O12S10. The molecule has 0 radical (unpaired) electrons. The molecule has 0 aliphatic carbocycles. The Morgan fingerprint density at radius 1 is 0.213 bits per heavy atom. The van der Waals surface area contributed by atoms with Gasteiger partial charge in [0, 0.05) is 182 Å². The Kier molecular flexibility index (Phi) is 98.2. The maximum atomic E-state index is 11.7. The molecule has 0 saturated heterocycles. The fourth-order valence-corrected chi connectivity index (χ4v) is 15.2. The lowest BCUT2D eigenvalue weighted by atomic mass is 10.2. The number of rotatable bonds is 51. The molecule has 4 unspecified atom stereocenters. The van der Waals surface area contributed by atoms with Crippen LogP contribution < -0.4 is 63.8 Å². The highest BCUT2D eigenvalue weighted by molar-refractivity contribution is 8.02. The van der Waals surface area contributed by atoms with Crippen molar-refractivity contribution in [3.05, 3.63) is 146 Å². The van der Waals surface area contributed by atoms with Gasteiger partial charge in [-0.3, -0.25) is 57.5 Å². The smallest absolute Gasteiger partial charge is 0.246 e. The molecule has 0 saturated carbocycles. The lowest BCUT2D eigenvalue weighted by Crippen LogP contribution is -2.46. The van der Waals surface area contributed by atoms with E-state index in [1.807, 2.05) is 84.4 Å². The van der Waals surface area contributed by atoms with Gasteiger partial charge in [-0.15, -0.1) is 23.5 Å².